The van der Waals surface area contributed by atoms with E-state index < -0.39 is 12.1 Å². The molecule has 1 aromatic heterocycles. The van der Waals surface area contributed by atoms with E-state index in [-0.39, 0.29) is 18.4 Å². The first-order valence-electron chi connectivity index (χ1n) is 8.95. The number of carbonyl (C=O) groups is 2. The molecule has 2 saturated heterocycles. The van der Waals surface area contributed by atoms with Gasteiger partial charge < -0.3 is 14.9 Å². The maximum atomic E-state index is 12.8. The number of aliphatic hydroxyl groups is 1. The molecule has 0 radical (unpaired) electrons. The van der Waals surface area contributed by atoms with Gasteiger partial charge in [-0.15, -0.1) is 0 Å². The Balaban J connectivity index is 1.53. The van der Waals surface area contributed by atoms with Crippen molar-refractivity contribution in [3.8, 4) is 0 Å². The number of piperidine rings is 1. The predicted molar refractivity (Wildman–Crippen MR) is 86.0 cm³/mol. The highest BCUT2D eigenvalue weighted by Crippen LogP contribution is 2.27. The van der Waals surface area contributed by atoms with Gasteiger partial charge in [0.15, 0.2) is 0 Å². The molecule has 4 rings (SSSR count). The number of hydrogen-bond donors (Lipinski definition) is 2. The molecule has 2 atom stereocenters. The van der Waals surface area contributed by atoms with Crippen LogP contribution in [0.5, 0.6) is 0 Å². The molecular weight excluding hydrogens is 308 g/mol. The van der Waals surface area contributed by atoms with Crippen molar-refractivity contribution in [2.75, 3.05) is 13.1 Å². The largest absolute Gasteiger partial charge is 0.393 e. The van der Waals surface area contributed by atoms with E-state index in [1.807, 2.05) is 0 Å². The van der Waals surface area contributed by atoms with Crippen LogP contribution in [0, 0.1) is 0 Å². The summed E-state index contributed by atoms with van der Waals surface area (Å²) < 4.78 is 0. The molecule has 3 heterocycles. The molecular formula is C17H24N4O3. The lowest BCUT2D eigenvalue weighted by Crippen LogP contribution is -2.62. The molecule has 1 aliphatic carbocycles. The fraction of sp³-hybridized carbons (Fsp3) is 0.706. The Morgan fingerprint density at radius 1 is 1.21 bits per heavy atom. The minimum absolute atomic E-state index is 0.0203. The van der Waals surface area contributed by atoms with Crippen LogP contribution in [-0.4, -0.2) is 62.2 Å². The van der Waals surface area contributed by atoms with E-state index in [9.17, 15) is 14.7 Å². The van der Waals surface area contributed by atoms with Crippen LogP contribution in [0.1, 0.15) is 49.1 Å². The number of nitrogens with zero attached hydrogens (tertiary/aromatic N) is 3. The molecule has 2 amide bonds. The summed E-state index contributed by atoms with van der Waals surface area (Å²) in [4.78, 5) is 28.4. The van der Waals surface area contributed by atoms with Crippen molar-refractivity contribution < 1.29 is 14.7 Å². The zero-order chi connectivity index (χ0) is 16.7. The number of aromatic nitrogens is 2. The van der Waals surface area contributed by atoms with Gasteiger partial charge in [0.05, 0.1) is 18.3 Å². The fourth-order valence-corrected chi connectivity index (χ4v) is 4.19. The van der Waals surface area contributed by atoms with Crippen molar-refractivity contribution in [1.82, 2.24) is 20.0 Å². The molecule has 3 aliphatic rings. The first-order chi connectivity index (χ1) is 11.6. The molecule has 2 aliphatic heterocycles. The van der Waals surface area contributed by atoms with E-state index in [0.717, 1.165) is 25.0 Å². The predicted octanol–water partition coefficient (Wildman–Crippen LogP) is 0.373. The number of aromatic amines is 1. The van der Waals surface area contributed by atoms with Gasteiger partial charge in [0.1, 0.15) is 12.6 Å². The third kappa shape index (κ3) is 2.70. The highest BCUT2D eigenvalue weighted by atomic mass is 16.3. The Hall–Kier alpha value is -1.89. The topological polar surface area (TPSA) is 89.5 Å². The second-order valence-electron chi connectivity index (χ2n) is 7.16. The van der Waals surface area contributed by atoms with Crippen molar-refractivity contribution in [2.24, 2.45) is 0 Å². The zero-order valence-corrected chi connectivity index (χ0v) is 13.8. The Morgan fingerprint density at radius 3 is 2.92 bits per heavy atom. The monoisotopic (exact) mass is 332 g/mol. The van der Waals surface area contributed by atoms with E-state index in [2.05, 4.69) is 10.2 Å². The van der Waals surface area contributed by atoms with Gasteiger partial charge in [0.25, 0.3) is 0 Å². The zero-order valence-electron chi connectivity index (χ0n) is 13.8. The third-order valence-corrected chi connectivity index (χ3v) is 5.55. The Bertz CT molecular complexity index is 656. The molecule has 2 fully saturated rings. The lowest BCUT2D eigenvalue weighted by Gasteiger charge is -2.43. The number of rotatable bonds is 2. The summed E-state index contributed by atoms with van der Waals surface area (Å²) in [7, 11) is 0. The summed E-state index contributed by atoms with van der Waals surface area (Å²) in [6, 6.07) is -0.507. The van der Waals surface area contributed by atoms with Gasteiger partial charge in [-0.1, -0.05) is 6.42 Å². The van der Waals surface area contributed by atoms with Gasteiger partial charge in [0, 0.05) is 18.7 Å². The highest BCUT2D eigenvalue weighted by molar-refractivity contribution is 5.95. The van der Waals surface area contributed by atoms with Crippen molar-refractivity contribution in [3.63, 3.8) is 0 Å². The molecule has 7 heteroatoms. The van der Waals surface area contributed by atoms with Gasteiger partial charge in [0.2, 0.25) is 11.8 Å². The summed E-state index contributed by atoms with van der Waals surface area (Å²) in [5, 5.41) is 17.4. The number of nitrogens with one attached hydrogen (secondary N) is 1. The molecule has 0 spiro atoms. The summed E-state index contributed by atoms with van der Waals surface area (Å²) >= 11 is 0. The number of amides is 2. The molecule has 24 heavy (non-hydrogen) atoms. The van der Waals surface area contributed by atoms with Crippen LogP contribution in [0.25, 0.3) is 0 Å². The normalized spacial score (nSPS) is 27.7. The van der Waals surface area contributed by atoms with Crippen LogP contribution in [0.4, 0.5) is 0 Å². The number of H-pyrrole nitrogens is 1. The number of carbonyl (C=O) groups excluding carboxylic acids is 2. The van der Waals surface area contributed by atoms with E-state index >= 15 is 0 Å². The number of fused-ring (bicyclic) bond motifs is 2. The standard InChI is InChI=1S/C17H24N4O3/c22-11-6-7-21-15(8-11)17(24)20(10-16(21)23)9-14-12-4-2-1-3-5-13(12)18-19-14/h11,15,22H,1-10H2,(H,18,19)/t11-,15+/m1/s1. The van der Waals surface area contributed by atoms with Crippen molar-refractivity contribution in [3.05, 3.63) is 17.0 Å². The first kappa shape index (κ1) is 15.6. The maximum Gasteiger partial charge on any atom is 0.246 e. The minimum Gasteiger partial charge on any atom is -0.393 e. The second kappa shape index (κ2) is 6.20. The van der Waals surface area contributed by atoms with E-state index in [1.165, 1.54) is 24.1 Å². The molecule has 7 nitrogen and oxygen atoms in total. The fourth-order valence-electron chi connectivity index (χ4n) is 4.19. The van der Waals surface area contributed by atoms with Crippen LogP contribution in [0.2, 0.25) is 0 Å². The van der Waals surface area contributed by atoms with Crippen molar-refractivity contribution in [1.29, 1.82) is 0 Å². The van der Waals surface area contributed by atoms with Crippen molar-refractivity contribution in [2.45, 2.75) is 63.6 Å². The smallest absolute Gasteiger partial charge is 0.246 e. The Morgan fingerprint density at radius 2 is 2.04 bits per heavy atom. The quantitative estimate of drug-likeness (QED) is 0.766. The number of aryl methyl sites for hydroxylation is 1. The summed E-state index contributed by atoms with van der Waals surface area (Å²) in [6.45, 7) is 0.978. The molecule has 2 N–H and O–H groups in total. The summed E-state index contributed by atoms with van der Waals surface area (Å²) in [5.74, 6) is -0.0770. The lowest BCUT2D eigenvalue weighted by atomic mass is 9.95. The maximum absolute atomic E-state index is 12.8. The molecule has 0 unspecified atom stereocenters. The number of piperazine rings is 1. The Kier molecular flexibility index (Phi) is 4.04. The van der Waals surface area contributed by atoms with E-state index in [4.69, 9.17) is 0 Å². The molecule has 0 saturated carbocycles. The van der Waals surface area contributed by atoms with Crippen molar-refractivity contribution >= 4 is 11.8 Å². The molecule has 0 aromatic carbocycles. The highest BCUT2D eigenvalue weighted by Gasteiger charge is 2.42. The SMILES string of the molecule is O=C1[C@@H]2C[C@H](O)CCN2C(=O)CN1Cc1n[nH]c2c1CCCCC2. The van der Waals surface area contributed by atoms with Crippen LogP contribution in [0.15, 0.2) is 0 Å². The molecule has 1 aromatic rings. The second-order valence-corrected chi connectivity index (χ2v) is 7.16. The van der Waals surface area contributed by atoms with Crippen LogP contribution < -0.4 is 0 Å². The third-order valence-electron chi connectivity index (χ3n) is 5.55. The lowest BCUT2D eigenvalue weighted by molar-refractivity contribution is -0.160. The van der Waals surface area contributed by atoms with Crippen LogP contribution in [-0.2, 0) is 29.0 Å². The summed E-state index contributed by atoms with van der Waals surface area (Å²) in [5.41, 5.74) is 3.32. The summed E-state index contributed by atoms with van der Waals surface area (Å²) in [6.07, 6.45) is 5.95. The average Bonchev–Trinajstić information content (AvgIpc) is 2.79. The average molecular weight is 332 g/mol. The molecule has 130 valence electrons. The van der Waals surface area contributed by atoms with E-state index in [1.54, 1.807) is 9.80 Å². The molecule has 0 bridgehead atoms. The van der Waals surface area contributed by atoms with Crippen LogP contribution >= 0.6 is 0 Å². The van der Waals surface area contributed by atoms with Gasteiger partial charge in [-0.3, -0.25) is 14.7 Å². The van der Waals surface area contributed by atoms with Gasteiger partial charge in [-0.25, -0.2) is 0 Å². The van der Waals surface area contributed by atoms with Gasteiger partial charge in [-0.05, 0) is 37.7 Å². The first-order valence-corrected chi connectivity index (χ1v) is 8.95. The van der Waals surface area contributed by atoms with Gasteiger partial charge in [-0.2, -0.15) is 5.10 Å². The van der Waals surface area contributed by atoms with Gasteiger partial charge >= 0.3 is 0 Å². The number of hydrogen-bond acceptors (Lipinski definition) is 4. The van der Waals surface area contributed by atoms with E-state index in [0.29, 0.717) is 25.9 Å². The Labute approximate surface area is 141 Å². The number of aliphatic hydroxyl groups excluding tert-OH is 1. The van der Waals surface area contributed by atoms with Crippen LogP contribution in [0.3, 0.4) is 0 Å². The minimum atomic E-state index is -0.507.